The Hall–Kier alpha value is -2.95. The molecule has 3 rings (SSSR count). The van der Waals surface area contributed by atoms with Crippen molar-refractivity contribution >= 4 is 11.6 Å². The van der Waals surface area contributed by atoms with Gasteiger partial charge in [0.1, 0.15) is 5.82 Å². The first-order valence-electron chi connectivity index (χ1n) is 6.85. The lowest BCUT2D eigenvalue weighted by Crippen LogP contribution is -2.14. The van der Waals surface area contributed by atoms with Crippen molar-refractivity contribution in [3.63, 3.8) is 0 Å². The average Bonchev–Trinajstić information content (AvgIpc) is 2.96. The van der Waals surface area contributed by atoms with Crippen molar-refractivity contribution in [3.8, 4) is 5.69 Å². The maximum atomic E-state index is 13.1. The van der Waals surface area contributed by atoms with Crippen LogP contribution in [0.3, 0.4) is 0 Å². The number of hydrogen-bond donors (Lipinski definition) is 1. The van der Waals surface area contributed by atoms with Gasteiger partial charge in [0.15, 0.2) is 0 Å². The van der Waals surface area contributed by atoms with Gasteiger partial charge in [0, 0.05) is 11.9 Å². The average molecular weight is 295 g/mol. The van der Waals surface area contributed by atoms with Crippen LogP contribution in [0.1, 0.15) is 5.56 Å². The topological polar surface area (TPSA) is 46.9 Å². The lowest BCUT2D eigenvalue weighted by atomic mass is 10.2. The molecule has 5 heteroatoms. The number of hydrogen-bond acceptors (Lipinski definition) is 2. The zero-order chi connectivity index (χ0) is 15.4. The Morgan fingerprint density at radius 1 is 1.14 bits per heavy atom. The lowest BCUT2D eigenvalue weighted by molar-refractivity contribution is -0.115. The summed E-state index contributed by atoms with van der Waals surface area (Å²) >= 11 is 0. The summed E-state index contributed by atoms with van der Waals surface area (Å²) in [5, 5.41) is 6.90. The van der Waals surface area contributed by atoms with E-state index in [1.807, 2.05) is 30.3 Å². The van der Waals surface area contributed by atoms with Gasteiger partial charge in [-0.25, -0.2) is 9.07 Å². The van der Waals surface area contributed by atoms with Crippen molar-refractivity contribution in [3.05, 3.63) is 78.4 Å². The summed E-state index contributed by atoms with van der Waals surface area (Å²) in [4.78, 5) is 12.0. The monoisotopic (exact) mass is 295 g/mol. The van der Waals surface area contributed by atoms with Crippen LogP contribution >= 0.6 is 0 Å². The summed E-state index contributed by atoms with van der Waals surface area (Å²) in [6.07, 6.45) is 3.64. The molecule has 0 spiro atoms. The molecule has 1 amide bonds. The summed E-state index contributed by atoms with van der Waals surface area (Å²) in [5.74, 6) is -0.590. The molecule has 0 unspecified atom stereocenters. The number of carbonyl (C=O) groups is 1. The van der Waals surface area contributed by atoms with Crippen molar-refractivity contribution in [2.24, 2.45) is 0 Å². The van der Waals surface area contributed by atoms with Crippen LogP contribution in [0.25, 0.3) is 5.69 Å². The van der Waals surface area contributed by atoms with E-state index in [1.54, 1.807) is 29.2 Å². The fourth-order valence-electron chi connectivity index (χ4n) is 2.13. The third-order valence-corrected chi connectivity index (χ3v) is 3.13. The quantitative estimate of drug-likeness (QED) is 0.803. The summed E-state index contributed by atoms with van der Waals surface area (Å²) in [5.41, 5.74) is 2.16. The largest absolute Gasteiger partial charge is 0.326 e. The fraction of sp³-hybridized carbons (Fsp3) is 0.0588. The molecule has 0 fully saturated rings. The van der Waals surface area contributed by atoms with E-state index in [9.17, 15) is 9.18 Å². The van der Waals surface area contributed by atoms with E-state index in [1.165, 1.54) is 12.1 Å². The van der Waals surface area contributed by atoms with E-state index in [4.69, 9.17) is 0 Å². The molecule has 3 aromatic rings. The van der Waals surface area contributed by atoms with Crippen molar-refractivity contribution in [2.45, 2.75) is 6.42 Å². The minimum Gasteiger partial charge on any atom is -0.326 e. The Kier molecular flexibility index (Phi) is 3.96. The second kappa shape index (κ2) is 6.22. The standard InChI is InChI=1S/C17H14FN3O/c18-14-5-4-6-15(10-14)20-17(22)9-13-11-19-21(12-13)16-7-2-1-3-8-16/h1-8,10-12H,9H2,(H,20,22). The van der Waals surface area contributed by atoms with Crippen LogP contribution in [0, 0.1) is 5.82 Å². The number of aromatic nitrogens is 2. The Balaban J connectivity index is 1.66. The van der Waals surface area contributed by atoms with E-state index in [-0.39, 0.29) is 18.1 Å². The Bertz CT molecular complexity index is 783. The van der Waals surface area contributed by atoms with E-state index in [2.05, 4.69) is 10.4 Å². The van der Waals surface area contributed by atoms with Crippen LogP contribution in [0.4, 0.5) is 10.1 Å². The Labute approximate surface area is 127 Å². The van der Waals surface area contributed by atoms with Crippen LogP contribution in [-0.4, -0.2) is 15.7 Å². The molecule has 0 bridgehead atoms. The van der Waals surface area contributed by atoms with Crippen LogP contribution < -0.4 is 5.32 Å². The molecule has 0 radical (unpaired) electrons. The van der Waals surface area contributed by atoms with Crippen LogP contribution in [0.5, 0.6) is 0 Å². The minimum atomic E-state index is -0.380. The minimum absolute atomic E-state index is 0.184. The molecule has 4 nitrogen and oxygen atoms in total. The van der Waals surface area contributed by atoms with Crippen LogP contribution in [-0.2, 0) is 11.2 Å². The van der Waals surface area contributed by atoms with Gasteiger partial charge in [0.2, 0.25) is 5.91 Å². The van der Waals surface area contributed by atoms with E-state index >= 15 is 0 Å². The number of halogens is 1. The molecular weight excluding hydrogens is 281 g/mol. The van der Waals surface area contributed by atoms with Crippen molar-refractivity contribution in [1.29, 1.82) is 0 Å². The summed E-state index contributed by atoms with van der Waals surface area (Å²) in [6, 6.07) is 15.5. The van der Waals surface area contributed by atoms with E-state index < -0.39 is 0 Å². The van der Waals surface area contributed by atoms with Crippen LogP contribution in [0.2, 0.25) is 0 Å². The summed E-state index contributed by atoms with van der Waals surface area (Å²) in [6.45, 7) is 0. The van der Waals surface area contributed by atoms with Crippen molar-refractivity contribution < 1.29 is 9.18 Å². The van der Waals surface area contributed by atoms with Gasteiger partial charge in [0.05, 0.1) is 18.3 Å². The molecule has 0 atom stereocenters. The second-order valence-corrected chi connectivity index (χ2v) is 4.86. The molecule has 2 aromatic carbocycles. The highest BCUT2D eigenvalue weighted by Crippen LogP contribution is 2.11. The Morgan fingerprint density at radius 3 is 2.73 bits per heavy atom. The number of para-hydroxylation sites is 1. The molecule has 1 N–H and O–H groups in total. The number of benzene rings is 2. The predicted molar refractivity (Wildman–Crippen MR) is 82.3 cm³/mol. The predicted octanol–water partition coefficient (Wildman–Crippen LogP) is 3.19. The van der Waals surface area contributed by atoms with Gasteiger partial charge in [-0.15, -0.1) is 0 Å². The molecule has 110 valence electrons. The number of rotatable bonds is 4. The summed E-state index contributed by atoms with van der Waals surface area (Å²) in [7, 11) is 0. The molecule has 0 aliphatic rings. The van der Waals surface area contributed by atoms with Crippen molar-refractivity contribution in [1.82, 2.24) is 9.78 Å². The zero-order valence-electron chi connectivity index (χ0n) is 11.7. The maximum Gasteiger partial charge on any atom is 0.228 e. The molecule has 0 saturated carbocycles. The van der Waals surface area contributed by atoms with Gasteiger partial charge in [-0.1, -0.05) is 24.3 Å². The van der Waals surface area contributed by atoms with Crippen LogP contribution in [0.15, 0.2) is 67.0 Å². The third-order valence-electron chi connectivity index (χ3n) is 3.13. The lowest BCUT2D eigenvalue weighted by Gasteiger charge is -2.04. The first-order chi connectivity index (χ1) is 10.7. The Morgan fingerprint density at radius 2 is 1.95 bits per heavy atom. The smallest absolute Gasteiger partial charge is 0.228 e. The van der Waals surface area contributed by atoms with Gasteiger partial charge < -0.3 is 5.32 Å². The maximum absolute atomic E-state index is 13.1. The number of amides is 1. The normalized spacial score (nSPS) is 10.4. The third kappa shape index (κ3) is 3.38. The first kappa shape index (κ1) is 14.0. The molecule has 0 saturated heterocycles. The molecule has 1 aromatic heterocycles. The number of anilines is 1. The molecule has 22 heavy (non-hydrogen) atoms. The van der Waals surface area contributed by atoms with E-state index in [0.29, 0.717) is 5.69 Å². The fourth-order valence-corrected chi connectivity index (χ4v) is 2.13. The van der Waals surface area contributed by atoms with Gasteiger partial charge in [-0.05, 0) is 35.9 Å². The van der Waals surface area contributed by atoms with E-state index in [0.717, 1.165) is 11.3 Å². The highest BCUT2D eigenvalue weighted by molar-refractivity contribution is 5.92. The second-order valence-electron chi connectivity index (χ2n) is 4.86. The molecule has 1 heterocycles. The SMILES string of the molecule is O=C(Cc1cnn(-c2ccccc2)c1)Nc1cccc(F)c1. The van der Waals surface area contributed by atoms with Crippen molar-refractivity contribution in [2.75, 3.05) is 5.32 Å². The highest BCUT2D eigenvalue weighted by Gasteiger charge is 2.07. The summed E-state index contributed by atoms with van der Waals surface area (Å²) < 4.78 is 14.8. The number of nitrogens with one attached hydrogen (secondary N) is 1. The molecule has 0 aliphatic carbocycles. The molecule has 0 aliphatic heterocycles. The van der Waals surface area contributed by atoms with Gasteiger partial charge in [-0.3, -0.25) is 4.79 Å². The highest BCUT2D eigenvalue weighted by atomic mass is 19.1. The molecular formula is C17H14FN3O. The van der Waals surface area contributed by atoms with Gasteiger partial charge in [0.25, 0.3) is 0 Å². The van der Waals surface area contributed by atoms with Gasteiger partial charge >= 0.3 is 0 Å². The van der Waals surface area contributed by atoms with Gasteiger partial charge in [-0.2, -0.15) is 5.10 Å². The zero-order valence-corrected chi connectivity index (χ0v) is 11.7. The number of carbonyl (C=O) groups excluding carboxylic acids is 1. The number of nitrogens with zero attached hydrogens (tertiary/aromatic N) is 2. The first-order valence-corrected chi connectivity index (χ1v) is 6.85.